The average molecular weight is 353 g/mol. The Labute approximate surface area is 160 Å². The number of rotatable bonds is 5. The number of allylic oxidation sites excluding steroid dienone is 1. The van der Waals surface area contributed by atoms with Crippen LogP contribution in [0.4, 0.5) is 0 Å². The molecule has 0 heterocycles. The molecule has 0 N–H and O–H groups in total. The maximum atomic E-state index is 5.83. The van der Waals surface area contributed by atoms with Gasteiger partial charge in [0.05, 0.1) is 6.61 Å². The Morgan fingerprint density at radius 1 is 0.962 bits per heavy atom. The fraction of sp³-hybridized carbons (Fsp3) is 0.680. The van der Waals surface area contributed by atoms with Crippen LogP contribution in [0, 0.1) is 29.6 Å². The third-order valence-electron chi connectivity index (χ3n) is 7.61. The molecule has 5 atom stereocenters. The minimum absolute atomic E-state index is 0.804. The molecule has 1 aromatic rings. The fourth-order valence-corrected chi connectivity index (χ4v) is 6.08. The first-order valence-corrected chi connectivity index (χ1v) is 11.1. The van der Waals surface area contributed by atoms with Crippen molar-refractivity contribution in [3.63, 3.8) is 0 Å². The molecule has 26 heavy (non-hydrogen) atoms. The summed E-state index contributed by atoms with van der Waals surface area (Å²) >= 11 is 0. The van der Waals surface area contributed by atoms with Crippen LogP contribution in [-0.2, 0) is 12.8 Å². The zero-order chi connectivity index (χ0) is 17.9. The van der Waals surface area contributed by atoms with E-state index in [1.54, 1.807) is 11.1 Å². The van der Waals surface area contributed by atoms with E-state index in [-0.39, 0.29) is 0 Å². The van der Waals surface area contributed by atoms with E-state index in [9.17, 15) is 0 Å². The fourth-order valence-electron chi connectivity index (χ4n) is 6.08. The Bertz CT molecular complexity index is 619. The van der Waals surface area contributed by atoms with Crippen molar-refractivity contribution in [3.05, 3.63) is 42.0 Å². The van der Waals surface area contributed by atoms with Crippen molar-refractivity contribution < 1.29 is 4.74 Å². The molecule has 2 saturated carbocycles. The summed E-state index contributed by atoms with van der Waals surface area (Å²) in [6.07, 6.45) is 16.0. The third kappa shape index (κ3) is 3.87. The van der Waals surface area contributed by atoms with Gasteiger partial charge in [-0.2, -0.15) is 0 Å². The lowest BCUT2D eigenvalue weighted by molar-refractivity contribution is 0.0811. The summed E-state index contributed by atoms with van der Waals surface area (Å²) in [4.78, 5) is 0. The number of benzene rings is 1. The first-order chi connectivity index (χ1) is 12.8. The number of hydrogen-bond donors (Lipinski definition) is 0. The van der Waals surface area contributed by atoms with E-state index in [1.807, 2.05) is 0 Å². The second kappa shape index (κ2) is 8.19. The number of hydrogen-bond acceptors (Lipinski definition) is 1. The summed E-state index contributed by atoms with van der Waals surface area (Å²) in [5.74, 6) is 5.78. The van der Waals surface area contributed by atoms with Gasteiger partial charge in [-0.3, -0.25) is 0 Å². The van der Waals surface area contributed by atoms with Crippen LogP contribution in [0.25, 0.3) is 0 Å². The molecule has 0 aliphatic heterocycles. The van der Waals surface area contributed by atoms with Crippen LogP contribution >= 0.6 is 0 Å². The van der Waals surface area contributed by atoms with Gasteiger partial charge in [-0.15, -0.1) is 6.58 Å². The van der Waals surface area contributed by atoms with Crippen LogP contribution in [0.1, 0.15) is 69.4 Å². The molecule has 0 amide bonds. The summed E-state index contributed by atoms with van der Waals surface area (Å²) in [5, 5.41) is 0. The van der Waals surface area contributed by atoms with Gasteiger partial charge in [0, 0.05) is 0 Å². The Balaban J connectivity index is 1.36. The SMILES string of the molecule is C=CC1CCC2CC(C3CCc4cc(OCCC)ccc4C3)CCC2C1. The van der Waals surface area contributed by atoms with E-state index in [4.69, 9.17) is 4.74 Å². The predicted molar refractivity (Wildman–Crippen MR) is 110 cm³/mol. The first-order valence-electron chi connectivity index (χ1n) is 11.1. The van der Waals surface area contributed by atoms with Crippen LogP contribution < -0.4 is 4.74 Å². The summed E-state index contributed by atoms with van der Waals surface area (Å²) in [5.41, 5.74) is 3.15. The van der Waals surface area contributed by atoms with Crippen molar-refractivity contribution in [2.45, 2.75) is 71.1 Å². The van der Waals surface area contributed by atoms with E-state index >= 15 is 0 Å². The van der Waals surface area contributed by atoms with E-state index in [0.717, 1.165) is 48.4 Å². The van der Waals surface area contributed by atoms with E-state index in [1.165, 1.54) is 57.8 Å². The van der Waals surface area contributed by atoms with Crippen LogP contribution in [0.5, 0.6) is 5.75 Å². The lowest BCUT2D eigenvalue weighted by Crippen LogP contribution is -2.34. The molecule has 1 heteroatoms. The van der Waals surface area contributed by atoms with Crippen LogP contribution in [-0.4, -0.2) is 6.61 Å². The summed E-state index contributed by atoms with van der Waals surface area (Å²) < 4.78 is 5.83. The number of ether oxygens (including phenoxy) is 1. The quantitative estimate of drug-likeness (QED) is 0.542. The maximum absolute atomic E-state index is 5.83. The van der Waals surface area contributed by atoms with Gasteiger partial charge in [0.2, 0.25) is 0 Å². The highest BCUT2D eigenvalue weighted by Crippen LogP contribution is 2.48. The minimum atomic E-state index is 0.804. The van der Waals surface area contributed by atoms with Gasteiger partial charge in [-0.1, -0.05) is 19.1 Å². The highest BCUT2D eigenvalue weighted by atomic mass is 16.5. The molecule has 0 aromatic heterocycles. The van der Waals surface area contributed by atoms with Crippen molar-refractivity contribution in [3.8, 4) is 5.75 Å². The molecular weight excluding hydrogens is 316 g/mol. The van der Waals surface area contributed by atoms with E-state index in [2.05, 4.69) is 37.8 Å². The standard InChI is InChI=1S/C25H36O/c1-3-13-26-25-12-11-23-16-22(9-10-24(23)17-25)21-8-7-19-14-18(4-2)5-6-20(19)15-21/h4,11-12,17-22H,2-3,5-10,13-16H2,1H3. The van der Waals surface area contributed by atoms with Crippen molar-refractivity contribution in [2.24, 2.45) is 29.6 Å². The highest BCUT2D eigenvalue weighted by molar-refractivity contribution is 5.37. The molecule has 3 aliphatic carbocycles. The van der Waals surface area contributed by atoms with Gasteiger partial charge >= 0.3 is 0 Å². The second-order valence-electron chi connectivity index (χ2n) is 9.18. The topological polar surface area (TPSA) is 9.23 Å². The largest absolute Gasteiger partial charge is 0.494 e. The zero-order valence-corrected chi connectivity index (χ0v) is 16.6. The Hall–Kier alpha value is -1.24. The van der Waals surface area contributed by atoms with Crippen molar-refractivity contribution in [1.29, 1.82) is 0 Å². The summed E-state index contributed by atoms with van der Waals surface area (Å²) in [6, 6.07) is 6.87. The molecular formula is C25H36O. The number of aryl methyl sites for hydroxylation is 1. The van der Waals surface area contributed by atoms with E-state index < -0.39 is 0 Å². The Morgan fingerprint density at radius 2 is 1.73 bits per heavy atom. The lowest BCUT2D eigenvalue weighted by Gasteiger charge is -2.44. The predicted octanol–water partition coefficient (Wildman–Crippen LogP) is 6.60. The molecule has 0 spiro atoms. The number of fused-ring (bicyclic) bond motifs is 2. The molecule has 5 unspecified atom stereocenters. The Morgan fingerprint density at radius 3 is 2.54 bits per heavy atom. The lowest BCUT2D eigenvalue weighted by atomic mass is 9.61. The molecule has 2 fully saturated rings. The summed E-state index contributed by atoms with van der Waals surface area (Å²) in [7, 11) is 0. The van der Waals surface area contributed by atoms with Gasteiger partial charge in [0.1, 0.15) is 5.75 Å². The van der Waals surface area contributed by atoms with Gasteiger partial charge in [0.25, 0.3) is 0 Å². The Kier molecular flexibility index (Phi) is 5.72. The second-order valence-corrected chi connectivity index (χ2v) is 9.18. The van der Waals surface area contributed by atoms with E-state index in [0.29, 0.717) is 0 Å². The third-order valence-corrected chi connectivity index (χ3v) is 7.61. The van der Waals surface area contributed by atoms with Crippen molar-refractivity contribution in [1.82, 2.24) is 0 Å². The van der Waals surface area contributed by atoms with Crippen molar-refractivity contribution >= 4 is 0 Å². The monoisotopic (exact) mass is 352 g/mol. The van der Waals surface area contributed by atoms with Crippen LogP contribution in [0.2, 0.25) is 0 Å². The molecule has 0 radical (unpaired) electrons. The zero-order valence-electron chi connectivity index (χ0n) is 16.6. The maximum Gasteiger partial charge on any atom is 0.119 e. The molecule has 0 bridgehead atoms. The molecule has 1 nitrogen and oxygen atoms in total. The molecule has 3 aliphatic rings. The van der Waals surface area contributed by atoms with Gasteiger partial charge in [-0.25, -0.2) is 0 Å². The molecule has 4 rings (SSSR count). The van der Waals surface area contributed by atoms with Crippen LogP contribution in [0.3, 0.4) is 0 Å². The first kappa shape index (κ1) is 18.1. The van der Waals surface area contributed by atoms with Gasteiger partial charge in [-0.05, 0) is 117 Å². The van der Waals surface area contributed by atoms with Gasteiger partial charge < -0.3 is 4.74 Å². The average Bonchev–Trinajstić information content (AvgIpc) is 2.70. The smallest absolute Gasteiger partial charge is 0.119 e. The normalized spacial score (nSPS) is 33.8. The molecule has 142 valence electrons. The highest BCUT2D eigenvalue weighted by Gasteiger charge is 2.38. The molecule has 0 saturated heterocycles. The summed E-state index contributed by atoms with van der Waals surface area (Å²) in [6.45, 7) is 7.05. The van der Waals surface area contributed by atoms with Gasteiger partial charge in [0.15, 0.2) is 0 Å². The van der Waals surface area contributed by atoms with Crippen LogP contribution in [0.15, 0.2) is 30.9 Å². The molecule has 1 aromatic carbocycles. The minimum Gasteiger partial charge on any atom is -0.494 e. The van der Waals surface area contributed by atoms with Crippen molar-refractivity contribution in [2.75, 3.05) is 6.61 Å².